The lowest BCUT2D eigenvalue weighted by Crippen LogP contribution is -2.23. The summed E-state index contributed by atoms with van der Waals surface area (Å²) >= 11 is 0. The van der Waals surface area contributed by atoms with Gasteiger partial charge in [0.05, 0.1) is 17.7 Å². The molecule has 0 saturated heterocycles. The number of aromatic nitrogens is 1. The van der Waals surface area contributed by atoms with Crippen LogP contribution in [0.25, 0.3) is 10.9 Å². The quantitative estimate of drug-likeness (QED) is 0.713. The normalized spacial score (nSPS) is 10.6. The second-order valence-electron chi connectivity index (χ2n) is 4.45. The molecule has 0 fully saturated rings. The van der Waals surface area contributed by atoms with E-state index in [-0.39, 0.29) is 5.91 Å². The Kier molecular flexibility index (Phi) is 3.48. The van der Waals surface area contributed by atoms with Gasteiger partial charge in [0.15, 0.2) is 0 Å². The van der Waals surface area contributed by atoms with Crippen LogP contribution in [-0.2, 0) is 11.4 Å². The molecule has 0 unspecified atom stereocenters. The minimum Gasteiger partial charge on any atom is -0.361 e. The van der Waals surface area contributed by atoms with E-state index in [1.54, 1.807) is 6.07 Å². The molecule has 1 amide bonds. The lowest BCUT2D eigenvalue weighted by Gasteiger charge is -2.07. The standard InChI is InChI=1S/C16H14N2O2/c19-16(18-20-11-12-5-2-1-3-6-12)14-8-4-7-13-9-10-17-15(13)14/h1-10,17H,11H2,(H,18,19). The molecule has 2 N–H and O–H groups in total. The van der Waals surface area contributed by atoms with Crippen molar-refractivity contribution < 1.29 is 9.63 Å². The predicted octanol–water partition coefficient (Wildman–Crippen LogP) is 3.03. The van der Waals surface area contributed by atoms with E-state index in [9.17, 15) is 4.79 Å². The zero-order chi connectivity index (χ0) is 13.8. The van der Waals surface area contributed by atoms with Gasteiger partial charge in [-0.15, -0.1) is 0 Å². The molecule has 0 bridgehead atoms. The van der Waals surface area contributed by atoms with Gasteiger partial charge in [0.25, 0.3) is 5.91 Å². The Hall–Kier alpha value is -2.59. The zero-order valence-electron chi connectivity index (χ0n) is 10.8. The summed E-state index contributed by atoms with van der Waals surface area (Å²) in [6, 6.07) is 17.2. The van der Waals surface area contributed by atoms with Crippen LogP contribution in [-0.4, -0.2) is 10.9 Å². The Morgan fingerprint density at radius 1 is 1.05 bits per heavy atom. The molecule has 4 heteroatoms. The highest BCUT2D eigenvalue weighted by Gasteiger charge is 2.10. The van der Waals surface area contributed by atoms with Gasteiger partial charge in [0.1, 0.15) is 0 Å². The van der Waals surface area contributed by atoms with Gasteiger partial charge in [-0.25, -0.2) is 5.48 Å². The highest BCUT2D eigenvalue weighted by molar-refractivity contribution is 6.05. The number of aromatic amines is 1. The van der Waals surface area contributed by atoms with Gasteiger partial charge in [-0.2, -0.15) is 0 Å². The molecule has 0 atom stereocenters. The van der Waals surface area contributed by atoms with Crippen molar-refractivity contribution in [1.29, 1.82) is 0 Å². The Morgan fingerprint density at radius 2 is 1.90 bits per heavy atom. The van der Waals surface area contributed by atoms with Crippen LogP contribution < -0.4 is 5.48 Å². The first kappa shape index (κ1) is 12.4. The van der Waals surface area contributed by atoms with E-state index in [4.69, 9.17) is 4.84 Å². The summed E-state index contributed by atoms with van der Waals surface area (Å²) in [7, 11) is 0. The van der Waals surface area contributed by atoms with Gasteiger partial charge in [-0.1, -0.05) is 42.5 Å². The monoisotopic (exact) mass is 266 g/mol. The van der Waals surface area contributed by atoms with Gasteiger partial charge in [0, 0.05) is 11.6 Å². The molecule has 0 saturated carbocycles. The Morgan fingerprint density at radius 3 is 2.75 bits per heavy atom. The number of rotatable bonds is 4. The van der Waals surface area contributed by atoms with Crippen LogP contribution in [0.1, 0.15) is 15.9 Å². The molecule has 2 aromatic carbocycles. The smallest absolute Gasteiger partial charge is 0.276 e. The molecular formula is C16H14N2O2. The molecule has 0 aliphatic rings. The Labute approximate surface area is 116 Å². The predicted molar refractivity (Wildman–Crippen MR) is 77.0 cm³/mol. The summed E-state index contributed by atoms with van der Waals surface area (Å²) in [5.74, 6) is -0.256. The van der Waals surface area contributed by atoms with E-state index < -0.39 is 0 Å². The molecule has 3 aromatic rings. The number of para-hydroxylation sites is 1. The third-order valence-electron chi connectivity index (χ3n) is 3.08. The Balaban J connectivity index is 1.66. The Bertz CT molecular complexity index is 719. The van der Waals surface area contributed by atoms with E-state index >= 15 is 0 Å². The van der Waals surface area contributed by atoms with Crippen LogP contribution in [0.5, 0.6) is 0 Å². The molecule has 3 rings (SSSR count). The third kappa shape index (κ3) is 2.55. The second kappa shape index (κ2) is 5.59. The summed E-state index contributed by atoms with van der Waals surface area (Å²) in [5.41, 5.74) is 4.86. The lowest BCUT2D eigenvalue weighted by molar-refractivity contribution is 0.0235. The van der Waals surface area contributed by atoms with Crippen LogP contribution in [0.4, 0.5) is 0 Å². The van der Waals surface area contributed by atoms with Crippen molar-refractivity contribution in [2.75, 3.05) is 0 Å². The zero-order valence-corrected chi connectivity index (χ0v) is 10.8. The van der Waals surface area contributed by atoms with Crippen LogP contribution in [0.2, 0.25) is 0 Å². The van der Waals surface area contributed by atoms with E-state index in [0.29, 0.717) is 12.2 Å². The number of carbonyl (C=O) groups excluding carboxylic acids is 1. The molecule has 0 aliphatic carbocycles. The van der Waals surface area contributed by atoms with Crippen LogP contribution in [0.15, 0.2) is 60.8 Å². The lowest BCUT2D eigenvalue weighted by atomic mass is 10.1. The van der Waals surface area contributed by atoms with Crippen LogP contribution in [0, 0.1) is 0 Å². The maximum absolute atomic E-state index is 12.1. The van der Waals surface area contributed by atoms with E-state index in [1.807, 2.05) is 54.7 Å². The largest absolute Gasteiger partial charge is 0.361 e. The minimum atomic E-state index is -0.256. The first-order valence-corrected chi connectivity index (χ1v) is 6.37. The molecule has 0 spiro atoms. The molecule has 20 heavy (non-hydrogen) atoms. The van der Waals surface area contributed by atoms with Crippen molar-refractivity contribution in [3.63, 3.8) is 0 Å². The molecule has 4 nitrogen and oxygen atoms in total. The van der Waals surface area contributed by atoms with Crippen molar-refractivity contribution in [2.24, 2.45) is 0 Å². The van der Waals surface area contributed by atoms with Crippen LogP contribution >= 0.6 is 0 Å². The van der Waals surface area contributed by atoms with E-state index in [2.05, 4.69) is 10.5 Å². The maximum Gasteiger partial charge on any atom is 0.276 e. The summed E-state index contributed by atoms with van der Waals surface area (Å²) in [6.45, 7) is 0.341. The van der Waals surface area contributed by atoms with E-state index in [0.717, 1.165) is 16.5 Å². The van der Waals surface area contributed by atoms with E-state index in [1.165, 1.54) is 0 Å². The highest BCUT2D eigenvalue weighted by atomic mass is 16.6. The highest BCUT2D eigenvalue weighted by Crippen LogP contribution is 2.16. The molecule has 1 heterocycles. The fourth-order valence-electron chi connectivity index (χ4n) is 2.09. The average Bonchev–Trinajstić information content (AvgIpc) is 2.96. The number of carbonyl (C=O) groups is 1. The molecule has 0 aliphatic heterocycles. The summed E-state index contributed by atoms with van der Waals surface area (Å²) in [5, 5.41) is 1.00. The van der Waals surface area contributed by atoms with Crippen LogP contribution in [0.3, 0.4) is 0 Å². The second-order valence-corrected chi connectivity index (χ2v) is 4.45. The topological polar surface area (TPSA) is 54.1 Å². The van der Waals surface area contributed by atoms with Crippen molar-refractivity contribution >= 4 is 16.8 Å². The number of benzene rings is 2. The van der Waals surface area contributed by atoms with Crippen molar-refractivity contribution in [1.82, 2.24) is 10.5 Å². The summed E-state index contributed by atoms with van der Waals surface area (Å²) in [4.78, 5) is 20.4. The number of hydrogen-bond acceptors (Lipinski definition) is 2. The van der Waals surface area contributed by atoms with Gasteiger partial charge in [-0.05, 0) is 17.7 Å². The van der Waals surface area contributed by atoms with Gasteiger partial charge >= 0.3 is 0 Å². The fraction of sp³-hybridized carbons (Fsp3) is 0.0625. The fourth-order valence-corrected chi connectivity index (χ4v) is 2.09. The van der Waals surface area contributed by atoms with Gasteiger partial charge < -0.3 is 4.98 Å². The average molecular weight is 266 g/mol. The van der Waals surface area contributed by atoms with Gasteiger partial charge in [0.2, 0.25) is 0 Å². The molecule has 100 valence electrons. The molecular weight excluding hydrogens is 252 g/mol. The molecule has 0 radical (unpaired) electrons. The first-order valence-electron chi connectivity index (χ1n) is 6.37. The van der Waals surface area contributed by atoms with Crippen molar-refractivity contribution in [3.8, 4) is 0 Å². The van der Waals surface area contributed by atoms with Crippen molar-refractivity contribution in [3.05, 3.63) is 71.9 Å². The number of nitrogens with one attached hydrogen (secondary N) is 2. The first-order chi connectivity index (χ1) is 9.84. The van der Waals surface area contributed by atoms with Gasteiger partial charge in [-0.3, -0.25) is 9.63 Å². The number of H-pyrrole nitrogens is 1. The number of hydroxylamine groups is 1. The summed E-state index contributed by atoms with van der Waals surface area (Å²) in [6.07, 6.45) is 1.81. The third-order valence-corrected chi connectivity index (χ3v) is 3.08. The number of hydrogen-bond donors (Lipinski definition) is 2. The molecule has 1 aromatic heterocycles. The maximum atomic E-state index is 12.1. The number of amides is 1. The summed E-state index contributed by atoms with van der Waals surface area (Å²) < 4.78 is 0. The number of fused-ring (bicyclic) bond motifs is 1. The van der Waals surface area contributed by atoms with Crippen molar-refractivity contribution in [2.45, 2.75) is 6.61 Å². The SMILES string of the molecule is O=C(NOCc1ccccc1)c1cccc2cc[nH]c12. The minimum absolute atomic E-state index is 0.256.